The van der Waals surface area contributed by atoms with Crippen LogP contribution in [-0.2, 0) is 13.5 Å². The lowest BCUT2D eigenvalue weighted by Crippen LogP contribution is -2.24. The monoisotopic (exact) mass is 315 g/mol. The van der Waals surface area contributed by atoms with E-state index < -0.39 is 0 Å². The van der Waals surface area contributed by atoms with Crippen molar-refractivity contribution in [3.63, 3.8) is 0 Å². The van der Waals surface area contributed by atoms with Crippen LogP contribution < -0.4 is 5.73 Å². The third kappa shape index (κ3) is 4.73. The van der Waals surface area contributed by atoms with E-state index in [2.05, 4.69) is 28.0 Å². The minimum absolute atomic E-state index is 0.248. The van der Waals surface area contributed by atoms with E-state index >= 15 is 0 Å². The molecular weight excluding hydrogens is 290 g/mol. The Morgan fingerprint density at radius 2 is 1.94 bits per heavy atom. The molecule has 0 aliphatic rings. The van der Waals surface area contributed by atoms with Gasteiger partial charge in [0.15, 0.2) is 0 Å². The van der Waals surface area contributed by atoms with Gasteiger partial charge in [0, 0.05) is 19.5 Å². The summed E-state index contributed by atoms with van der Waals surface area (Å²) in [6.07, 6.45) is 8.57. The van der Waals surface area contributed by atoms with E-state index in [0.717, 1.165) is 23.0 Å². The van der Waals surface area contributed by atoms with Gasteiger partial charge in [0.25, 0.3) is 0 Å². The van der Waals surface area contributed by atoms with Gasteiger partial charge in [-0.05, 0) is 29.3 Å². The van der Waals surface area contributed by atoms with Crippen LogP contribution in [0.15, 0.2) is 4.47 Å². The highest BCUT2D eigenvalue weighted by molar-refractivity contribution is 9.10. The molecule has 0 bridgehead atoms. The molecule has 0 fully saturated rings. The fraction of sp³-hybridized carbons (Fsp3) is 0.786. The molecule has 104 valence electrons. The molecule has 0 radical (unpaired) electrons. The van der Waals surface area contributed by atoms with Crippen molar-refractivity contribution in [2.45, 2.75) is 64.8 Å². The Labute approximate surface area is 119 Å². The second kappa shape index (κ2) is 7.95. The minimum atomic E-state index is 0.248. The Morgan fingerprint density at radius 1 is 1.28 bits per heavy atom. The molecule has 0 aliphatic carbocycles. The molecule has 0 aromatic carbocycles. The van der Waals surface area contributed by atoms with E-state index in [1.807, 2.05) is 18.7 Å². The van der Waals surface area contributed by atoms with Gasteiger partial charge < -0.3 is 5.73 Å². The highest BCUT2D eigenvalue weighted by atomic mass is 79.9. The van der Waals surface area contributed by atoms with Crippen LogP contribution in [0.1, 0.15) is 56.8 Å². The summed E-state index contributed by atoms with van der Waals surface area (Å²) in [7, 11) is 1.99. The smallest absolute Gasteiger partial charge is 0.0738 e. The minimum Gasteiger partial charge on any atom is -0.327 e. The van der Waals surface area contributed by atoms with E-state index in [1.165, 1.54) is 37.8 Å². The number of halogens is 1. The molecule has 0 saturated heterocycles. The number of nitrogens with two attached hydrogens (primary N) is 1. The Morgan fingerprint density at radius 3 is 2.50 bits per heavy atom. The predicted octanol–water partition coefficient (Wildman–Crippen LogP) is 3.72. The van der Waals surface area contributed by atoms with Crippen LogP contribution in [0.5, 0.6) is 0 Å². The van der Waals surface area contributed by atoms with E-state index in [9.17, 15) is 0 Å². The van der Waals surface area contributed by atoms with Gasteiger partial charge in [-0.15, -0.1) is 0 Å². The van der Waals surface area contributed by atoms with Crippen LogP contribution in [0.4, 0.5) is 0 Å². The normalized spacial score (nSPS) is 12.9. The van der Waals surface area contributed by atoms with Crippen molar-refractivity contribution in [2.24, 2.45) is 12.8 Å². The first-order chi connectivity index (χ1) is 8.56. The first-order valence-corrected chi connectivity index (χ1v) is 7.79. The standard InChI is InChI=1S/C14H26BrN3/c1-4-5-6-7-8-9-12(16)10-13-14(15)11(2)17-18(13)3/h12H,4-10,16H2,1-3H3. The summed E-state index contributed by atoms with van der Waals surface area (Å²) in [4.78, 5) is 0. The van der Waals surface area contributed by atoms with E-state index in [1.54, 1.807) is 0 Å². The summed E-state index contributed by atoms with van der Waals surface area (Å²) in [5.41, 5.74) is 8.47. The topological polar surface area (TPSA) is 43.8 Å². The van der Waals surface area contributed by atoms with Crippen molar-refractivity contribution >= 4 is 15.9 Å². The Bertz CT molecular complexity index is 360. The maximum atomic E-state index is 6.21. The number of unbranched alkanes of at least 4 members (excludes halogenated alkanes) is 4. The van der Waals surface area contributed by atoms with Crippen molar-refractivity contribution in [2.75, 3.05) is 0 Å². The van der Waals surface area contributed by atoms with Crippen molar-refractivity contribution in [1.29, 1.82) is 0 Å². The molecule has 1 rings (SSSR count). The highest BCUT2D eigenvalue weighted by Crippen LogP contribution is 2.22. The fourth-order valence-electron chi connectivity index (χ4n) is 2.26. The first kappa shape index (κ1) is 15.7. The van der Waals surface area contributed by atoms with Crippen LogP contribution in [0.3, 0.4) is 0 Å². The molecular formula is C14H26BrN3. The molecule has 1 aromatic rings. The SMILES string of the molecule is CCCCCCCC(N)Cc1c(Br)c(C)nn1C. The molecule has 0 aliphatic heterocycles. The van der Waals surface area contributed by atoms with E-state index in [4.69, 9.17) is 5.73 Å². The lowest BCUT2D eigenvalue weighted by Gasteiger charge is -2.12. The summed E-state index contributed by atoms with van der Waals surface area (Å²) >= 11 is 3.59. The Kier molecular flexibility index (Phi) is 6.94. The number of hydrogen-bond donors (Lipinski definition) is 1. The van der Waals surface area contributed by atoms with Crippen molar-refractivity contribution in [3.8, 4) is 0 Å². The quantitative estimate of drug-likeness (QED) is 0.743. The third-order valence-corrected chi connectivity index (χ3v) is 4.43. The van der Waals surface area contributed by atoms with Crippen molar-refractivity contribution in [3.05, 3.63) is 15.9 Å². The number of rotatable bonds is 8. The van der Waals surface area contributed by atoms with Crippen LogP contribution in [0, 0.1) is 6.92 Å². The highest BCUT2D eigenvalue weighted by Gasteiger charge is 2.13. The van der Waals surface area contributed by atoms with E-state index in [-0.39, 0.29) is 6.04 Å². The molecule has 1 heterocycles. The van der Waals surface area contributed by atoms with Gasteiger partial charge in [-0.2, -0.15) is 5.10 Å². The molecule has 3 nitrogen and oxygen atoms in total. The number of hydrogen-bond acceptors (Lipinski definition) is 2. The molecule has 0 saturated carbocycles. The van der Waals surface area contributed by atoms with Gasteiger partial charge in [0.2, 0.25) is 0 Å². The fourth-order valence-corrected chi connectivity index (χ4v) is 2.76. The van der Waals surface area contributed by atoms with Gasteiger partial charge >= 0.3 is 0 Å². The third-order valence-electron chi connectivity index (χ3n) is 3.40. The summed E-state index contributed by atoms with van der Waals surface area (Å²) in [5.74, 6) is 0. The van der Waals surface area contributed by atoms with Crippen LogP contribution in [0.25, 0.3) is 0 Å². The second-order valence-electron chi connectivity index (χ2n) is 5.14. The maximum absolute atomic E-state index is 6.21. The molecule has 0 spiro atoms. The van der Waals surface area contributed by atoms with Gasteiger partial charge in [-0.3, -0.25) is 4.68 Å². The van der Waals surface area contributed by atoms with Crippen LogP contribution in [0.2, 0.25) is 0 Å². The van der Waals surface area contributed by atoms with Crippen molar-refractivity contribution < 1.29 is 0 Å². The zero-order valence-electron chi connectivity index (χ0n) is 11.9. The lowest BCUT2D eigenvalue weighted by atomic mass is 10.0. The number of aromatic nitrogens is 2. The van der Waals surface area contributed by atoms with Crippen molar-refractivity contribution in [1.82, 2.24) is 9.78 Å². The van der Waals surface area contributed by atoms with Gasteiger partial charge in [-0.25, -0.2) is 0 Å². The molecule has 1 atom stereocenters. The van der Waals surface area contributed by atoms with Crippen LogP contribution >= 0.6 is 15.9 Å². The predicted molar refractivity (Wildman–Crippen MR) is 80.7 cm³/mol. The Hall–Kier alpha value is -0.350. The van der Waals surface area contributed by atoms with Gasteiger partial charge in [0.05, 0.1) is 15.9 Å². The van der Waals surface area contributed by atoms with Gasteiger partial charge in [-0.1, -0.05) is 39.0 Å². The molecule has 0 amide bonds. The summed E-state index contributed by atoms with van der Waals surface area (Å²) in [6.45, 7) is 4.26. The largest absolute Gasteiger partial charge is 0.327 e. The maximum Gasteiger partial charge on any atom is 0.0738 e. The van der Waals surface area contributed by atoms with E-state index in [0.29, 0.717) is 0 Å². The van der Waals surface area contributed by atoms with Gasteiger partial charge in [0.1, 0.15) is 0 Å². The Balaban J connectivity index is 2.33. The molecule has 2 N–H and O–H groups in total. The molecule has 18 heavy (non-hydrogen) atoms. The summed E-state index contributed by atoms with van der Waals surface area (Å²) in [5, 5.41) is 4.40. The molecule has 1 unspecified atom stereocenters. The lowest BCUT2D eigenvalue weighted by molar-refractivity contribution is 0.525. The second-order valence-corrected chi connectivity index (χ2v) is 5.93. The number of nitrogens with zero attached hydrogens (tertiary/aromatic N) is 2. The molecule has 4 heteroatoms. The first-order valence-electron chi connectivity index (χ1n) is 6.99. The zero-order chi connectivity index (χ0) is 13.5. The summed E-state index contributed by atoms with van der Waals surface area (Å²) < 4.78 is 3.06. The van der Waals surface area contributed by atoms with Crippen LogP contribution in [-0.4, -0.2) is 15.8 Å². The summed E-state index contributed by atoms with van der Waals surface area (Å²) in [6, 6.07) is 0.248. The average Bonchev–Trinajstić information content (AvgIpc) is 2.56. The molecule has 1 aromatic heterocycles. The number of aryl methyl sites for hydroxylation is 2. The zero-order valence-corrected chi connectivity index (χ0v) is 13.5. The average molecular weight is 316 g/mol.